The van der Waals surface area contributed by atoms with Gasteiger partial charge in [-0.15, -0.1) is 11.3 Å². The van der Waals surface area contributed by atoms with E-state index in [-0.39, 0.29) is 11.5 Å². The predicted molar refractivity (Wildman–Crippen MR) is 121 cm³/mol. The number of fused-ring (bicyclic) bond motifs is 1. The van der Waals surface area contributed by atoms with E-state index in [1.165, 1.54) is 5.56 Å². The maximum absolute atomic E-state index is 13.5. The molecule has 0 amide bonds. The largest absolute Gasteiger partial charge is 0.302 e. The lowest BCUT2D eigenvalue weighted by atomic mass is 10.0. The number of aromatic nitrogens is 2. The number of likely N-dealkylation sites (N-methyl/N-ethyl adjacent to an activating group) is 1. The van der Waals surface area contributed by atoms with Gasteiger partial charge in [0.15, 0.2) is 0 Å². The molecule has 0 fully saturated rings. The van der Waals surface area contributed by atoms with E-state index < -0.39 is 0 Å². The minimum absolute atomic E-state index is 0.0941. The molecule has 0 radical (unpaired) electrons. The third kappa shape index (κ3) is 4.06. The van der Waals surface area contributed by atoms with Crippen LogP contribution in [0.3, 0.4) is 0 Å². The molecule has 5 heteroatoms. The second-order valence-corrected chi connectivity index (χ2v) is 8.35. The summed E-state index contributed by atoms with van der Waals surface area (Å²) in [6.07, 6.45) is 1.02. The molecule has 0 saturated carbocycles. The lowest BCUT2D eigenvalue weighted by molar-refractivity contribution is 0.286. The van der Waals surface area contributed by atoms with Gasteiger partial charge in [-0.25, -0.2) is 4.98 Å². The Kier molecular flexibility index (Phi) is 6.68. The smallest absolute Gasteiger partial charge is 0.262 e. The highest BCUT2D eigenvalue weighted by atomic mass is 32.1. The number of aryl methyl sites for hydroxylation is 1. The molecule has 2 heterocycles. The first-order chi connectivity index (χ1) is 13.5. The average Bonchev–Trinajstić information content (AvgIpc) is 3.14. The highest BCUT2D eigenvalue weighted by molar-refractivity contribution is 7.17. The molecule has 3 rings (SSSR count). The van der Waals surface area contributed by atoms with Crippen LogP contribution < -0.4 is 5.56 Å². The molecule has 0 atom stereocenters. The van der Waals surface area contributed by atoms with E-state index in [9.17, 15) is 4.79 Å². The first kappa shape index (κ1) is 20.7. The number of rotatable bonds is 8. The maximum Gasteiger partial charge on any atom is 0.262 e. The summed E-state index contributed by atoms with van der Waals surface area (Å²) in [6.45, 7) is 14.2. The van der Waals surface area contributed by atoms with E-state index in [0.717, 1.165) is 53.2 Å². The Bertz CT molecular complexity index is 981. The molecule has 0 bridgehead atoms. The lowest BCUT2D eigenvalue weighted by Crippen LogP contribution is -2.33. The molecule has 0 aliphatic carbocycles. The van der Waals surface area contributed by atoms with Gasteiger partial charge in [0.05, 0.1) is 5.39 Å². The minimum atomic E-state index is 0.0941. The van der Waals surface area contributed by atoms with E-state index in [0.29, 0.717) is 6.54 Å². The summed E-state index contributed by atoms with van der Waals surface area (Å²) in [5.41, 5.74) is 3.50. The van der Waals surface area contributed by atoms with Crippen LogP contribution in [-0.4, -0.2) is 34.1 Å². The van der Waals surface area contributed by atoms with Crippen molar-refractivity contribution in [1.82, 2.24) is 14.5 Å². The van der Waals surface area contributed by atoms with Gasteiger partial charge < -0.3 is 4.90 Å². The first-order valence-corrected chi connectivity index (χ1v) is 11.2. The molecule has 4 nitrogen and oxygen atoms in total. The summed E-state index contributed by atoms with van der Waals surface area (Å²) in [5, 5.41) is 2.84. The van der Waals surface area contributed by atoms with Crippen molar-refractivity contribution in [3.8, 4) is 11.1 Å². The van der Waals surface area contributed by atoms with Gasteiger partial charge in [0.2, 0.25) is 0 Å². The highest BCUT2D eigenvalue weighted by Crippen LogP contribution is 2.32. The fraction of sp³-hybridized carbons (Fsp3) is 0.478. The lowest BCUT2D eigenvalue weighted by Gasteiger charge is -2.21. The third-order valence-electron chi connectivity index (χ3n) is 5.45. The van der Waals surface area contributed by atoms with Gasteiger partial charge in [0, 0.05) is 30.0 Å². The van der Waals surface area contributed by atoms with Crippen LogP contribution in [0.25, 0.3) is 21.3 Å². The van der Waals surface area contributed by atoms with Gasteiger partial charge in [-0.05, 0) is 30.6 Å². The number of benzene rings is 1. The zero-order valence-corrected chi connectivity index (χ0v) is 18.5. The predicted octanol–water partition coefficient (Wildman–Crippen LogP) is 5.15. The SMILES string of the molecule is CCc1ccc(-c2csc3nc(C(C)C)n(CCN(CC)CC)c(=O)c23)cc1. The summed E-state index contributed by atoms with van der Waals surface area (Å²) in [5.74, 6) is 1.10. The minimum Gasteiger partial charge on any atom is -0.302 e. The molecule has 0 spiro atoms. The number of thiophene rings is 1. The molecule has 0 N–H and O–H groups in total. The van der Waals surface area contributed by atoms with E-state index in [1.807, 2.05) is 4.57 Å². The van der Waals surface area contributed by atoms with Crippen LogP contribution in [0.1, 0.15) is 51.9 Å². The number of hydrogen-bond acceptors (Lipinski definition) is 4. The van der Waals surface area contributed by atoms with Crippen molar-refractivity contribution in [3.63, 3.8) is 0 Å². The first-order valence-electron chi connectivity index (χ1n) is 10.3. The molecule has 28 heavy (non-hydrogen) atoms. The Hall–Kier alpha value is -1.98. The Labute approximate surface area is 171 Å². The Morgan fingerprint density at radius 1 is 1.11 bits per heavy atom. The normalized spacial score (nSPS) is 11.8. The molecule has 0 saturated heterocycles. The summed E-state index contributed by atoms with van der Waals surface area (Å²) >= 11 is 1.57. The van der Waals surface area contributed by atoms with Crippen molar-refractivity contribution in [3.05, 3.63) is 51.4 Å². The van der Waals surface area contributed by atoms with Crippen LogP contribution >= 0.6 is 11.3 Å². The zero-order chi connectivity index (χ0) is 20.3. The van der Waals surface area contributed by atoms with Gasteiger partial charge >= 0.3 is 0 Å². The summed E-state index contributed by atoms with van der Waals surface area (Å²) < 4.78 is 1.90. The Balaban J connectivity index is 2.11. The Morgan fingerprint density at radius 2 is 1.79 bits per heavy atom. The van der Waals surface area contributed by atoms with Crippen LogP contribution in [0.2, 0.25) is 0 Å². The quantitative estimate of drug-likeness (QED) is 0.527. The van der Waals surface area contributed by atoms with Crippen LogP contribution in [0.4, 0.5) is 0 Å². The molecule has 3 aromatic rings. The molecule has 1 aromatic carbocycles. The van der Waals surface area contributed by atoms with Crippen molar-refractivity contribution in [2.45, 2.75) is 53.5 Å². The van der Waals surface area contributed by atoms with Crippen LogP contribution in [0, 0.1) is 0 Å². The number of nitrogens with zero attached hydrogens (tertiary/aromatic N) is 3. The van der Waals surface area contributed by atoms with E-state index in [2.05, 4.69) is 69.2 Å². The fourth-order valence-corrected chi connectivity index (χ4v) is 4.56. The van der Waals surface area contributed by atoms with Gasteiger partial charge in [-0.1, -0.05) is 58.9 Å². The van der Waals surface area contributed by atoms with Gasteiger partial charge in [0.25, 0.3) is 5.56 Å². The molecular formula is C23H31N3OS. The molecule has 0 aliphatic heterocycles. The van der Waals surface area contributed by atoms with Crippen LogP contribution in [-0.2, 0) is 13.0 Å². The third-order valence-corrected chi connectivity index (χ3v) is 6.32. The highest BCUT2D eigenvalue weighted by Gasteiger charge is 2.19. The molecular weight excluding hydrogens is 366 g/mol. The maximum atomic E-state index is 13.5. The van der Waals surface area contributed by atoms with E-state index in [1.54, 1.807) is 11.3 Å². The standard InChI is InChI=1S/C23H31N3OS/c1-6-17-9-11-18(12-10-17)19-15-28-22-20(19)23(27)26(21(24-22)16(4)5)14-13-25(7-2)8-3/h9-12,15-16H,6-8,13-14H2,1-5H3. The van der Waals surface area contributed by atoms with E-state index in [4.69, 9.17) is 4.98 Å². The molecule has 0 aliphatic rings. The molecule has 0 unspecified atom stereocenters. The summed E-state index contributed by atoms with van der Waals surface area (Å²) in [6, 6.07) is 8.54. The van der Waals surface area contributed by atoms with Crippen molar-refractivity contribution < 1.29 is 0 Å². The second kappa shape index (κ2) is 9.01. The Morgan fingerprint density at radius 3 is 2.36 bits per heavy atom. The average molecular weight is 398 g/mol. The molecule has 2 aromatic heterocycles. The van der Waals surface area contributed by atoms with Crippen LogP contribution in [0.5, 0.6) is 0 Å². The summed E-state index contributed by atoms with van der Waals surface area (Å²) in [4.78, 5) is 21.6. The van der Waals surface area contributed by atoms with Gasteiger partial charge in [-0.2, -0.15) is 0 Å². The second-order valence-electron chi connectivity index (χ2n) is 7.49. The van der Waals surface area contributed by atoms with E-state index >= 15 is 0 Å². The van der Waals surface area contributed by atoms with Crippen molar-refractivity contribution >= 4 is 21.6 Å². The van der Waals surface area contributed by atoms with Gasteiger partial charge in [-0.3, -0.25) is 9.36 Å². The fourth-order valence-electron chi connectivity index (χ4n) is 3.61. The van der Waals surface area contributed by atoms with Crippen molar-refractivity contribution in [1.29, 1.82) is 0 Å². The topological polar surface area (TPSA) is 38.1 Å². The monoisotopic (exact) mass is 397 g/mol. The summed E-state index contributed by atoms with van der Waals surface area (Å²) in [7, 11) is 0. The zero-order valence-electron chi connectivity index (χ0n) is 17.7. The van der Waals surface area contributed by atoms with Gasteiger partial charge in [0.1, 0.15) is 10.7 Å². The number of hydrogen-bond donors (Lipinski definition) is 0. The molecule has 150 valence electrons. The van der Waals surface area contributed by atoms with Crippen molar-refractivity contribution in [2.24, 2.45) is 0 Å². The van der Waals surface area contributed by atoms with Crippen LogP contribution in [0.15, 0.2) is 34.4 Å². The van der Waals surface area contributed by atoms with Crippen molar-refractivity contribution in [2.75, 3.05) is 19.6 Å².